The molecule has 0 fully saturated rings. The summed E-state index contributed by atoms with van der Waals surface area (Å²) in [7, 11) is -4.23. The Kier molecular flexibility index (Phi) is 7.40. The minimum absolute atomic E-state index is 0.0158. The molecule has 202 valence electrons. The Bertz CT molecular complexity index is 1850. The van der Waals surface area contributed by atoms with E-state index in [0.29, 0.717) is 34.4 Å². The predicted octanol–water partition coefficient (Wildman–Crippen LogP) is 5.53. The molecule has 0 atom stereocenters. The van der Waals surface area contributed by atoms with Gasteiger partial charge in [-0.3, -0.25) is 14.1 Å². The van der Waals surface area contributed by atoms with Crippen molar-refractivity contribution in [3.8, 4) is 6.07 Å². The number of pyridine rings is 1. The molecule has 0 aliphatic carbocycles. The second-order valence-corrected chi connectivity index (χ2v) is 10.9. The van der Waals surface area contributed by atoms with Crippen molar-refractivity contribution in [3.05, 3.63) is 95.9 Å². The number of anilines is 2. The van der Waals surface area contributed by atoms with Crippen molar-refractivity contribution < 1.29 is 22.4 Å². The van der Waals surface area contributed by atoms with E-state index in [1.54, 1.807) is 61.5 Å². The van der Waals surface area contributed by atoms with Gasteiger partial charge in [0.25, 0.3) is 10.0 Å². The maximum atomic E-state index is 14.0. The zero-order valence-corrected chi connectivity index (χ0v) is 22.7. The van der Waals surface area contributed by atoms with Gasteiger partial charge in [-0.1, -0.05) is 18.2 Å². The molecule has 0 bridgehead atoms. The van der Waals surface area contributed by atoms with E-state index in [-0.39, 0.29) is 17.2 Å². The Labute approximate surface area is 231 Å². The zero-order valence-electron chi connectivity index (χ0n) is 21.9. The first-order chi connectivity index (χ1) is 19.3. The van der Waals surface area contributed by atoms with Crippen LogP contribution in [0.15, 0.2) is 88.3 Å². The summed E-state index contributed by atoms with van der Waals surface area (Å²) < 4.78 is 40.3. The maximum Gasteiger partial charge on any atom is 0.326 e. The van der Waals surface area contributed by atoms with E-state index >= 15 is 0 Å². The quantitative estimate of drug-likeness (QED) is 0.236. The summed E-state index contributed by atoms with van der Waals surface area (Å²) in [5.74, 6) is -0.00291. The van der Waals surface area contributed by atoms with Gasteiger partial charge in [0, 0.05) is 34.3 Å². The number of ether oxygens (including phenoxy) is 1. The molecule has 2 aromatic heterocycles. The molecule has 9 nitrogen and oxygen atoms in total. The van der Waals surface area contributed by atoms with Gasteiger partial charge in [0.15, 0.2) is 0 Å². The molecule has 0 aliphatic rings. The van der Waals surface area contributed by atoms with E-state index in [9.17, 15) is 13.2 Å². The van der Waals surface area contributed by atoms with Gasteiger partial charge in [0.2, 0.25) is 0 Å². The molecule has 5 rings (SSSR count). The molecular weight excluding hydrogens is 528 g/mol. The number of benzene rings is 3. The number of nitrogens with zero attached hydrogens (tertiary/aromatic N) is 3. The first-order valence-corrected chi connectivity index (χ1v) is 14.0. The zero-order chi connectivity index (χ0) is 28.3. The Morgan fingerprint density at radius 2 is 1.88 bits per heavy atom. The number of para-hydroxylation sites is 1. The molecule has 40 heavy (non-hydrogen) atoms. The third-order valence-corrected chi connectivity index (χ3v) is 8.32. The third-order valence-electron chi connectivity index (χ3n) is 6.52. The average molecular weight is 555 g/mol. The van der Waals surface area contributed by atoms with Crippen molar-refractivity contribution >= 4 is 49.2 Å². The molecule has 10 heteroatoms. The van der Waals surface area contributed by atoms with Crippen LogP contribution in [-0.4, -0.2) is 32.5 Å². The number of sulfonamides is 1. The van der Waals surface area contributed by atoms with Crippen molar-refractivity contribution in [2.24, 2.45) is 0 Å². The van der Waals surface area contributed by atoms with Crippen LogP contribution in [-0.2, 0) is 26.1 Å². The molecule has 0 spiro atoms. The van der Waals surface area contributed by atoms with E-state index in [1.807, 2.05) is 19.1 Å². The monoisotopic (exact) mass is 554 g/mol. The summed E-state index contributed by atoms with van der Waals surface area (Å²) in [5.41, 5.74) is 3.35. The predicted molar refractivity (Wildman–Crippen MR) is 152 cm³/mol. The number of hydrogen-bond donors (Lipinski definition) is 1. The van der Waals surface area contributed by atoms with Crippen molar-refractivity contribution in [3.63, 3.8) is 0 Å². The molecule has 2 heterocycles. The van der Waals surface area contributed by atoms with Crippen molar-refractivity contribution in [1.29, 1.82) is 5.26 Å². The highest BCUT2D eigenvalue weighted by molar-refractivity contribution is 7.93. The Hall–Kier alpha value is -4.88. The van der Waals surface area contributed by atoms with E-state index in [1.165, 1.54) is 12.3 Å². The molecule has 0 saturated carbocycles. The number of nitriles is 1. The molecule has 0 amide bonds. The number of carbonyl (C=O) groups is 1. The van der Waals surface area contributed by atoms with Gasteiger partial charge in [-0.25, -0.2) is 8.42 Å². The fourth-order valence-corrected chi connectivity index (χ4v) is 6.04. The molecule has 0 radical (unpaired) electrons. The number of hydrogen-bond acceptors (Lipinski definition) is 8. The Morgan fingerprint density at radius 3 is 2.62 bits per heavy atom. The number of aromatic nitrogens is 1. The van der Waals surface area contributed by atoms with Crippen LogP contribution in [0.5, 0.6) is 0 Å². The summed E-state index contributed by atoms with van der Waals surface area (Å²) in [6.45, 7) is 3.58. The molecule has 5 aromatic rings. The number of aryl methyl sites for hydroxylation is 1. The molecule has 0 unspecified atom stereocenters. The van der Waals surface area contributed by atoms with Crippen LogP contribution in [0.2, 0.25) is 0 Å². The Morgan fingerprint density at radius 1 is 1.10 bits per heavy atom. The standard InChI is InChI=1S/C30H26N4O5S/c1-3-38-29(35)19-34(40(36,37)28-8-4-6-22-7-5-15-32-30(22)28)24-13-14-25-20(2)27(39-26(25)16-24)18-33-23-11-9-21(17-31)10-12-23/h4-16,33H,3,18-19H2,1-2H3. The van der Waals surface area contributed by atoms with Crippen molar-refractivity contribution in [1.82, 2.24) is 4.98 Å². The lowest BCUT2D eigenvalue weighted by molar-refractivity contribution is -0.141. The van der Waals surface area contributed by atoms with Gasteiger partial charge in [-0.05, 0) is 62.4 Å². The largest absolute Gasteiger partial charge is 0.465 e. The minimum atomic E-state index is -4.23. The number of furan rings is 1. The van der Waals surface area contributed by atoms with Gasteiger partial charge in [-0.2, -0.15) is 5.26 Å². The lowest BCUT2D eigenvalue weighted by Gasteiger charge is -2.24. The van der Waals surface area contributed by atoms with Crippen LogP contribution >= 0.6 is 0 Å². The van der Waals surface area contributed by atoms with E-state index in [4.69, 9.17) is 14.4 Å². The smallest absolute Gasteiger partial charge is 0.326 e. The molecule has 1 N–H and O–H groups in total. The van der Waals surface area contributed by atoms with Crippen LogP contribution in [0.1, 0.15) is 23.8 Å². The SMILES string of the molecule is CCOC(=O)CN(c1ccc2c(C)c(CNc3ccc(C#N)cc3)oc2c1)S(=O)(=O)c1cccc2cccnc12. The summed E-state index contributed by atoms with van der Waals surface area (Å²) in [4.78, 5) is 16.8. The third kappa shape index (κ3) is 5.19. The normalized spacial score (nSPS) is 11.3. The molecule has 0 saturated heterocycles. The van der Waals surface area contributed by atoms with Gasteiger partial charge in [0.05, 0.1) is 36.0 Å². The van der Waals surface area contributed by atoms with Gasteiger partial charge in [-0.15, -0.1) is 0 Å². The first kappa shape index (κ1) is 26.7. The Balaban J connectivity index is 1.52. The van der Waals surface area contributed by atoms with Crippen molar-refractivity contribution in [2.75, 3.05) is 22.8 Å². The van der Waals surface area contributed by atoms with Crippen LogP contribution in [0.3, 0.4) is 0 Å². The summed E-state index contributed by atoms with van der Waals surface area (Å²) in [5, 5.41) is 13.8. The number of fused-ring (bicyclic) bond motifs is 2. The van der Waals surface area contributed by atoms with Gasteiger partial charge < -0.3 is 14.5 Å². The van der Waals surface area contributed by atoms with Crippen LogP contribution in [0, 0.1) is 18.3 Å². The van der Waals surface area contributed by atoms with Crippen molar-refractivity contribution in [2.45, 2.75) is 25.3 Å². The number of esters is 1. The van der Waals surface area contributed by atoms with Gasteiger partial charge >= 0.3 is 5.97 Å². The maximum absolute atomic E-state index is 14.0. The fraction of sp³-hybridized carbons (Fsp3) is 0.167. The molecule has 0 aliphatic heterocycles. The van der Waals surface area contributed by atoms with Crippen LogP contribution in [0.4, 0.5) is 11.4 Å². The number of nitrogens with one attached hydrogen (secondary N) is 1. The molecule has 3 aromatic carbocycles. The molecular formula is C30H26N4O5S. The lowest BCUT2D eigenvalue weighted by atomic mass is 10.1. The van der Waals surface area contributed by atoms with Crippen LogP contribution in [0.25, 0.3) is 21.9 Å². The topological polar surface area (TPSA) is 126 Å². The van der Waals surface area contributed by atoms with Crippen LogP contribution < -0.4 is 9.62 Å². The second-order valence-electron chi connectivity index (χ2n) is 9.02. The second kappa shape index (κ2) is 11.1. The number of carbonyl (C=O) groups excluding carboxylic acids is 1. The highest BCUT2D eigenvalue weighted by atomic mass is 32.2. The van der Waals surface area contributed by atoms with Gasteiger partial charge in [0.1, 0.15) is 22.8 Å². The minimum Gasteiger partial charge on any atom is -0.465 e. The first-order valence-electron chi connectivity index (χ1n) is 12.6. The highest BCUT2D eigenvalue weighted by Gasteiger charge is 2.30. The van der Waals surface area contributed by atoms with E-state index < -0.39 is 22.5 Å². The summed E-state index contributed by atoms with van der Waals surface area (Å²) >= 11 is 0. The van der Waals surface area contributed by atoms with E-state index in [2.05, 4.69) is 16.4 Å². The summed E-state index contributed by atoms with van der Waals surface area (Å²) in [6, 6.07) is 22.6. The summed E-state index contributed by atoms with van der Waals surface area (Å²) in [6.07, 6.45) is 1.53. The highest BCUT2D eigenvalue weighted by Crippen LogP contribution is 2.33. The number of rotatable bonds is 9. The van der Waals surface area contributed by atoms with E-state index in [0.717, 1.165) is 20.9 Å². The lowest BCUT2D eigenvalue weighted by Crippen LogP contribution is -2.36. The fourth-order valence-electron chi connectivity index (χ4n) is 4.48. The average Bonchev–Trinajstić information content (AvgIpc) is 3.29.